The van der Waals surface area contributed by atoms with Gasteiger partial charge in [0.15, 0.2) is 0 Å². The van der Waals surface area contributed by atoms with Gasteiger partial charge in [-0.2, -0.15) is 0 Å². The molecule has 0 saturated carbocycles. The molecule has 0 fully saturated rings. The Bertz CT molecular complexity index is 731. The van der Waals surface area contributed by atoms with Crippen molar-refractivity contribution in [1.82, 2.24) is 4.90 Å². The summed E-state index contributed by atoms with van der Waals surface area (Å²) >= 11 is 6.21. The number of hydrogen-bond donors (Lipinski definition) is 2. The van der Waals surface area contributed by atoms with Gasteiger partial charge in [0.2, 0.25) is 0 Å². The maximum absolute atomic E-state index is 6.45. The Kier molecular flexibility index (Phi) is 7.04. The van der Waals surface area contributed by atoms with Crippen molar-refractivity contribution in [3.05, 3.63) is 77.1 Å². The van der Waals surface area contributed by atoms with Crippen molar-refractivity contribution >= 4 is 23.5 Å². The van der Waals surface area contributed by atoms with E-state index in [4.69, 9.17) is 23.1 Å². The van der Waals surface area contributed by atoms with Gasteiger partial charge < -0.3 is 16.4 Å². The minimum Gasteiger partial charge on any atom is -0.405 e. The second-order valence-electron chi connectivity index (χ2n) is 6.04. The van der Waals surface area contributed by atoms with Crippen LogP contribution in [0.2, 0.25) is 5.02 Å². The Balaban J connectivity index is 2.18. The van der Waals surface area contributed by atoms with Crippen molar-refractivity contribution in [2.24, 2.45) is 16.5 Å². The van der Waals surface area contributed by atoms with Crippen molar-refractivity contribution < 1.29 is 0 Å². The third-order valence-corrected chi connectivity index (χ3v) is 4.30. The molecule has 4 nitrogen and oxygen atoms in total. The molecule has 2 rings (SSSR count). The van der Waals surface area contributed by atoms with Gasteiger partial charge in [0.25, 0.3) is 0 Å². The number of aliphatic imine (C=N–C) groups is 1. The van der Waals surface area contributed by atoms with Gasteiger partial charge in [-0.3, -0.25) is 0 Å². The molecule has 0 aliphatic carbocycles. The lowest BCUT2D eigenvalue weighted by Gasteiger charge is -2.25. The normalized spacial score (nSPS) is 15.8. The van der Waals surface area contributed by atoms with Crippen molar-refractivity contribution in [1.29, 1.82) is 0 Å². The second-order valence-corrected chi connectivity index (χ2v) is 6.48. The summed E-state index contributed by atoms with van der Waals surface area (Å²) in [6.07, 6.45) is 12.7. The first kappa shape index (κ1) is 19.0. The van der Waals surface area contributed by atoms with Crippen molar-refractivity contribution in [2.75, 3.05) is 13.6 Å². The standard InChI is InChI=1S/C20H25ClN4/c1-15(20(23)17-12-24-14-25(2)13-17)19-11-18(21)9-8-16(19)7-5-3-4-6-10-22/h3-4,6,8-12,14,20H,1,5,7,13,22-23H2,2H3/b4-3-,10-6-/t20-/m1/s1. The zero-order chi connectivity index (χ0) is 18.2. The monoisotopic (exact) mass is 356 g/mol. The van der Waals surface area contributed by atoms with Crippen molar-refractivity contribution in [2.45, 2.75) is 18.9 Å². The molecular formula is C20H25ClN4. The number of nitrogens with two attached hydrogens (primary N) is 2. The Morgan fingerprint density at radius 2 is 2.24 bits per heavy atom. The Morgan fingerprint density at radius 1 is 1.44 bits per heavy atom. The number of nitrogens with zero attached hydrogens (tertiary/aromatic N) is 2. The van der Waals surface area contributed by atoms with E-state index in [1.54, 1.807) is 6.34 Å². The van der Waals surface area contributed by atoms with Crippen LogP contribution >= 0.6 is 11.6 Å². The van der Waals surface area contributed by atoms with Crippen LogP contribution in [-0.4, -0.2) is 30.9 Å². The van der Waals surface area contributed by atoms with E-state index in [0.29, 0.717) is 5.02 Å². The largest absolute Gasteiger partial charge is 0.405 e. The van der Waals surface area contributed by atoms with Crippen LogP contribution in [0.15, 0.2) is 66.0 Å². The third-order valence-electron chi connectivity index (χ3n) is 4.07. The van der Waals surface area contributed by atoms with Gasteiger partial charge in [0, 0.05) is 24.8 Å². The molecule has 132 valence electrons. The number of halogens is 1. The smallest absolute Gasteiger partial charge is 0.0905 e. The second kappa shape index (κ2) is 9.25. The Morgan fingerprint density at radius 3 is 2.96 bits per heavy atom. The number of aryl methyl sites for hydroxylation is 1. The quantitative estimate of drug-likeness (QED) is 0.735. The highest BCUT2D eigenvalue weighted by atomic mass is 35.5. The molecule has 0 radical (unpaired) electrons. The maximum atomic E-state index is 6.45. The van der Waals surface area contributed by atoms with Crippen LogP contribution in [-0.2, 0) is 6.42 Å². The summed E-state index contributed by atoms with van der Waals surface area (Å²) in [4.78, 5) is 6.22. The summed E-state index contributed by atoms with van der Waals surface area (Å²) in [6, 6.07) is 5.61. The van der Waals surface area contributed by atoms with Crippen LogP contribution in [0.5, 0.6) is 0 Å². The van der Waals surface area contributed by atoms with Crippen molar-refractivity contribution in [3.8, 4) is 0 Å². The van der Waals surface area contributed by atoms with Crippen LogP contribution in [0.4, 0.5) is 0 Å². The molecule has 1 aliphatic heterocycles. The molecule has 1 aromatic carbocycles. The zero-order valence-electron chi connectivity index (χ0n) is 14.5. The van der Waals surface area contributed by atoms with E-state index in [1.807, 2.05) is 48.5 Å². The predicted molar refractivity (Wildman–Crippen MR) is 108 cm³/mol. The van der Waals surface area contributed by atoms with E-state index in [2.05, 4.69) is 17.6 Å². The highest BCUT2D eigenvalue weighted by Gasteiger charge is 2.19. The van der Waals surface area contributed by atoms with E-state index in [9.17, 15) is 0 Å². The number of benzene rings is 1. The van der Waals surface area contributed by atoms with Gasteiger partial charge in [-0.1, -0.05) is 36.4 Å². The lowest BCUT2D eigenvalue weighted by atomic mass is 9.90. The van der Waals surface area contributed by atoms with Gasteiger partial charge in [0.1, 0.15) is 0 Å². The van der Waals surface area contributed by atoms with E-state index in [-0.39, 0.29) is 6.04 Å². The highest BCUT2D eigenvalue weighted by molar-refractivity contribution is 6.30. The van der Waals surface area contributed by atoms with Crippen LogP contribution in [0.25, 0.3) is 5.57 Å². The Hall–Kier alpha value is -2.30. The Labute approximate surface area is 154 Å². The van der Waals surface area contributed by atoms with Crippen LogP contribution in [0.3, 0.4) is 0 Å². The first-order valence-electron chi connectivity index (χ1n) is 8.22. The first-order chi connectivity index (χ1) is 12.0. The molecule has 0 aromatic heterocycles. The average molecular weight is 357 g/mol. The molecule has 0 amide bonds. The van der Waals surface area contributed by atoms with Crippen molar-refractivity contribution in [3.63, 3.8) is 0 Å². The zero-order valence-corrected chi connectivity index (χ0v) is 15.3. The molecule has 25 heavy (non-hydrogen) atoms. The molecule has 0 bridgehead atoms. The highest BCUT2D eigenvalue weighted by Crippen LogP contribution is 2.28. The summed E-state index contributed by atoms with van der Waals surface area (Å²) in [5, 5.41) is 0.682. The minimum absolute atomic E-state index is 0.284. The van der Waals surface area contributed by atoms with E-state index >= 15 is 0 Å². The third kappa shape index (κ3) is 5.34. The molecule has 0 unspecified atom stereocenters. The molecule has 4 N–H and O–H groups in total. The van der Waals surface area contributed by atoms with Crippen LogP contribution in [0, 0.1) is 0 Å². The van der Waals surface area contributed by atoms with E-state index < -0.39 is 0 Å². The molecule has 1 atom stereocenters. The molecule has 1 aliphatic rings. The number of likely N-dealkylation sites (N-methyl/N-ethyl adjacent to an activating group) is 1. The maximum Gasteiger partial charge on any atom is 0.0905 e. The van der Waals surface area contributed by atoms with E-state index in [0.717, 1.165) is 36.1 Å². The predicted octanol–water partition coefficient (Wildman–Crippen LogP) is 3.50. The topological polar surface area (TPSA) is 67.6 Å². The fourth-order valence-electron chi connectivity index (χ4n) is 2.73. The SMILES string of the molecule is C=C(c1cc(Cl)ccc1CC/C=C\C=C/N)[C@@H](N)C1=CN=CN(C)C1. The lowest BCUT2D eigenvalue weighted by molar-refractivity contribution is 0.544. The summed E-state index contributed by atoms with van der Waals surface area (Å²) in [5.41, 5.74) is 15.9. The fourth-order valence-corrected chi connectivity index (χ4v) is 2.90. The van der Waals surface area contributed by atoms with Gasteiger partial charge in [-0.15, -0.1) is 0 Å². The first-order valence-corrected chi connectivity index (χ1v) is 8.59. The van der Waals surface area contributed by atoms with Gasteiger partial charge in [0.05, 0.1) is 12.4 Å². The molecule has 1 aromatic rings. The average Bonchev–Trinajstić information content (AvgIpc) is 2.61. The molecular weight excluding hydrogens is 332 g/mol. The number of hydrogen-bond acceptors (Lipinski definition) is 4. The van der Waals surface area contributed by atoms with Gasteiger partial charge in [-0.05, 0) is 59.5 Å². The molecule has 5 heteroatoms. The number of rotatable bonds is 7. The molecule has 1 heterocycles. The van der Waals surface area contributed by atoms with Gasteiger partial charge in [-0.25, -0.2) is 4.99 Å². The summed E-state index contributed by atoms with van der Waals surface area (Å²) in [7, 11) is 1.97. The fraction of sp³-hybridized carbons (Fsp3) is 0.250. The summed E-state index contributed by atoms with van der Waals surface area (Å²) in [6.45, 7) is 4.99. The van der Waals surface area contributed by atoms with Crippen LogP contribution in [0.1, 0.15) is 17.5 Å². The molecule has 0 spiro atoms. The van der Waals surface area contributed by atoms with Gasteiger partial charge >= 0.3 is 0 Å². The van der Waals surface area contributed by atoms with Crippen LogP contribution < -0.4 is 11.5 Å². The molecule has 0 saturated heterocycles. The number of allylic oxidation sites excluding steroid dienone is 3. The van der Waals surface area contributed by atoms with E-state index in [1.165, 1.54) is 11.8 Å². The minimum atomic E-state index is -0.284. The lowest BCUT2D eigenvalue weighted by Crippen LogP contribution is -2.33. The summed E-state index contributed by atoms with van der Waals surface area (Å²) < 4.78 is 0. The summed E-state index contributed by atoms with van der Waals surface area (Å²) in [5.74, 6) is 0.